The molecule has 4 aliphatic carbocycles. The highest BCUT2D eigenvalue weighted by molar-refractivity contribution is 5.87. The van der Waals surface area contributed by atoms with Crippen molar-refractivity contribution in [2.45, 2.75) is 83.8 Å². The van der Waals surface area contributed by atoms with Gasteiger partial charge in [0.2, 0.25) is 0 Å². The molecule has 1 N–H and O–H groups in total. The zero-order chi connectivity index (χ0) is 20.2. The lowest BCUT2D eigenvalue weighted by atomic mass is 9.44. The van der Waals surface area contributed by atoms with Crippen LogP contribution in [0.15, 0.2) is 5.16 Å². The molecule has 0 amide bonds. The number of Topliss-reactive ketones (excluding diaryl/α,β-unsaturated/α-hetero) is 1. The number of fused-ring (bicyclic) bond motifs is 5. The first-order valence-electron chi connectivity index (χ1n) is 11.9. The van der Waals surface area contributed by atoms with Gasteiger partial charge in [0, 0.05) is 31.9 Å². The van der Waals surface area contributed by atoms with Gasteiger partial charge < -0.3 is 14.9 Å². The van der Waals surface area contributed by atoms with Gasteiger partial charge in [0.25, 0.3) is 0 Å². The van der Waals surface area contributed by atoms with Gasteiger partial charge in [-0.15, -0.1) is 0 Å². The molecule has 162 valence electrons. The summed E-state index contributed by atoms with van der Waals surface area (Å²) in [7, 11) is 1.89. The summed E-state index contributed by atoms with van der Waals surface area (Å²) < 4.78 is 6.13. The number of nitrogens with one attached hydrogen (secondary N) is 1. The van der Waals surface area contributed by atoms with Crippen LogP contribution in [0.2, 0.25) is 0 Å². The summed E-state index contributed by atoms with van der Waals surface area (Å²) in [6, 6.07) is 0. The van der Waals surface area contributed by atoms with Crippen LogP contribution >= 0.6 is 0 Å². The van der Waals surface area contributed by atoms with Crippen LogP contribution in [-0.2, 0) is 14.4 Å². The summed E-state index contributed by atoms with van der Waals surface area (Å²) in [5.41, 5.74) is 1.51. The third kappa shape index (κ3) is 3.10. The third-order valence-corrected chi connectivity index (χ3v) is 9.85. The molecule has 5 fully saturated rings. The summed E-state index contributed by atoms with van der Waals surface area (Å²) in [5.74, 6) is 2.87. The summed E-state index contributed by atoms with van der Waals surface area (Å²) in [4.78, 5) is 18.6. The first-order chi connectivity index (χ1) is 14.0. The lowest BCUT2D eigenvalue weighted by Gasteiger charge is -2.61. The first kappa shape index (κ1) is 20.0. The fourth-order valence-electron chi connectivity index (χ4n) is 7.97. The number of methoxy groups -OCH3 is 1. The molecule has 0 aromatic carbocycles. The Morgan fingerprint density at radius 2 is 1.97 bits per heavy atom. The van der Waals surface area contributed by atoms with Gasteiger partial charge in [0.05, 0.1) is 11.8 Å². The van der Waals surface area contributed by atoms with Gasteiger partial charge in [0.1, 0.15) is 11.9 Å². The molecule has 0 aromatic heterocycles. The van der Waals surface area contributed by atoms with E-state index in [1.807, 2.05) is 7.11 Å². The van der Waals surface area contributed by atoms with Crippen molar-refractivity contribution in [1.82, 2.24) is 5.32 Å². The Morgan fingerprint density at radius 1 is 1.10 bits per heavy atom. The minimum Gasteiger partial charge on any atom is -0.391 e. The van der Waals surface area contributed by atoms with Gasteiger partial charge in [-0.25, -0.2) is 0 Å². The lowest BCUT2D eigenvalue weighted by molar-refractivity contribution is -0.164. The van der Waals surface area contributed by atoms with E-state index >= 15 is 0 Å². The molecular formula is C24H38N2O3. The summed E-state index contributed by atoms with van der Waals surface area (Å²) in [5, 5.41) is 7.95. The highest BCUT2D eigenvalue weighted by Gasteiger charge is 2.62. The quantitative estimate of drug-likeness (QED) is 0.726. The summed E-state index contributed by atoms with van der Waals surface area (Å²) in [6.07, 6.45) is 10.2. The molecule has 29 heavy (non-hydrogen) atoms. The Bertz CT molecular complexity index is 688. The lowest BCUT2D eigenvalue weighted by Crippen LogP contribution is -2.58. The van der Waals surface area contributed by atoms with E-state index in [-0.39, 0.29) is 17.6 Å². The van der Waals surface area contributed by atoms with E-state index in [9.17, 15) is 4.79 Å². The van der Waals surface area contributed by atoms with Crippen molar-refractivity contribution in [2.24, 2.45) is 39.7 Å². The first-order valence-corrected chi connectivity index (χ1v) is 11.9. The maximum Gasteiger partial charge on any atom is 0.141 e. The van der Waals surface area contributed by atoms with E-state index < -0.39 is 0 Å². The van der Waals surface area contributed by atoms with Crippen LogP contribution in [-0.4, -0.2) is 43.9 Å². The maximum atomic E-state index is 12.7. The topological polar surface area (TPSA) is 59.9 Å². The predicted octanol–water partition coefficient (Wildman–Crippen LogP) is 3.96. The molecule has 0 bridgehead atoms. The molecule has 5 aliphatic rings. The molecular weight excluding hydrogens is 364 g/mol. The second-order valence-electron chi connectivity index (χ2n) is 11.0. The number of carbonyl (C=O) groups excluding carboxylic acids is 1. The normalized spacial score (nSPS) is 50.9. The van der Waals surface area contributed by atoms with Gasteiger partial charge in [-0.3, -0.25) is 4.79 Å². The largest absolute Gasteiger partial charge is 0.391 e. The molecule has 1 saturated heterocycles. The molecule has 5 rings (SSSR count). The highest BCUT2D eigenvalue weighted by Crippen LogP contribution is 2.65. The van der Waals surface area contributed by atoms with Crippen molar-refractivity contribution in [3.05, 3.63) is 0 Å². The van der Waals surface area contributed by atoms with Gasteiger partial charge >= 0.3 is 0 Å². The molecule has 4 saturated carbocycles. The molecule has 1 unspecified atom stereocenters. The molecule has 8 atom stereocenters. The zero-order valence-electron chi connectivity index (χ0n) is 18.4. The smallest absolute Gasteiger partial charge is 0.141 e. The Balaban J connectivity index is 1.36. The van der Waals surface area contributed by atoms with E-state index in [0.717, 1.165) is 58.0 Å². The SMILES string of the molecule is CO[C@@H]1CC2C/C(=N/O[C@@H]3CCNC3)CC[C@]2(C)[C@H]2CC[C@]3(C)C(=O)CC[C@H]3[C@H]12. The number of ether oxygens (including phenoxy) is 1. The Kier molecular flexibility index (Phi) is 5.05. The maximum absolute atomic E-state index is 12.7. The second-order valence-corrected chi connectivity index (χ2v) is 11.0. The monoisotopic (exact) mass is 402 g/mol. The molecule has 0 radical (unpaired) electrons. The van der Waals surface area contributed by atoms with Crippen LogP contribution in [0.4, 0.5) is 0 Å². The molecule has 1 aliphatic heterocycles. The van der Waals surface area contributed by atoms with E-state index in [2.05, 4.69) is 24.3 Å². The highest BCUT2D eigenvalue weighted by atomic mass is 16.6. The fourth-order valence-corrected chi connectivity index (χ4v) is 7.97. The van der Waals surface area contributed by atoms with Crippen LogP contribution in [0.5, 0.6) is 0 Å². The summed E-state index contributed by atoms with van der Waals surface area (Å²) in [6.45, 7) is 6.76. The average Bonchev–Trinajstić information content (AvgIpc) is 3.34. The second kappa shape index (κ2) is 7.33. The van der Waals surface area contributed by atoms with Crippen LogP contribution in [0.3, 0.4) is 0 Å². The van der Waals surface area contributed by atoms with Gasteiger partial charge in [-0.2, -0.15) is 0 Å². The van der Waals surface area contributed by atoms with E-state index in [1.165, 1.54) is 18.6 Å². The number of rotatable bonds is 3. The van der Waals surface area contributed by atoms with Crippen LogP contribution in [0.25, 0.3) is 0 Å². The van der Waals surface area contributed by atoms with Crippen LogP contribution in [0, 0.1) is 34.5 Å². The fraction of sp³-hybridized carbons (Fsp3) is 0.917. The van der Waals surface area contributed by atoms with Gasteiger partial charge in [-0.05, 0) is 80.6 Å². The zero-order valence-corrected chi connectivity index (χ0v) is 18.4. The van der Waals surface area contributed by atoms with Gasteiger partial charge in [0.15, 0.2) is 0 Å². The minimum atomic E-state index is -0.0917. The molecule has 5 nitrogen and oxygen atoms in total. The average molecular weight is 403 g/mol. The van der Waals surface area contributed by atoms with Crippen LogP contribution < -0.4 is 5.32 Å². The summed E-state index contributed by atoms with van der Waals surface area (Å²) >= 11 is 0. The van der Waals surface area contributed by atoms with Crippen molar-refractivity contribution in [3.63, 3.8) is 0 Å². The third-order valence-electron chi connectivity index (χ3n) is 9.85. The minimum absolute atomic E-state index is 0.0917. The van der Waals surface area contributed by atoms with E-state index in [0.29, 0.717) is 34.9 Å². The van der Waals surface area contributed by atoms with Crippen molar-refractivity contribution in [2.75, 3.05) is 20.2 Å². The molecule has 0 spiro atoms. The molecule has 0 aromatic rings. The predicted molar refractivity (Wildman–Crippen MR) is 113 cm³/mol. The Morgan fingerprint density at radius 3 is 2.72 bits per heavy atom. The number of hydrogen-bond acceptors (Lipinski definition) is 5. The van der Waals surface area contributed by atoms with Crippen molar-refractivity contribution in [1.29, 1.82) is 0 Å². The van der Waals surface area contributed by atoms with E-state index in [1.54, 1.807) is 0 Å². The standard InChI is InChI=1S/C24H38N2O3/c1-23-9-6-16(26-29-17-8-11-25-14-17)12-15(23)13-20(28-3)22-18-4-5-21(27)24(18,2)10-7-19(22)23/h15,17-20,22,25H,4-14H2,1-3H3/b26-16+/t15?,17-,18+,19+,20-,22+,23+,24+/m1/s1. The van der Waals surface area contributed by atoms with Crippen molar-refractivity contribution in [3.8, 4) is 0 Å². The Hall–Kier alpha value is -0.940. The molecule has 5 heteroatoms. The number of carbonyl (C=O) groups is 1. The van der Waals surface area contributed by atoms with E-state index in [4.69, 9.17) is 9.57 Å². The van der Waals surface area contributed by atoms with Crippen molar-refractivity contribution >= 4 is 11.5 Å². The van der Waals surface area contributed by atoms with Gasteiger partial charge in [-0.1, -0.05) is 19.0 Å². The number of oxime groups is 1. The van der Waals surface area contributed by atoms with Crippen molar-refractivity contribution < 1.29 is 14.4 Å². The number of hydrogen-bond donors (Lipinski definition) is 1. The number of nitrogens with zero attached hydrogens (tertiary/aromatic N) is 1. The molecule has 1 heterocycles. The Labute approximate surface area is 175 Å². The van der Waals surface area contributed by atoms with Crippen LogP contribution in [0.1, 0.15) is 71.6 Å². The number of ketones is 1.